The van der Waals surface area contributed by atoms with Crippen LogP contribution in [0.5, 0.6) is 0 Å². The molecule has 2 amide bonds. The number of methoxy groups -OCH3 is 2. The topological polar surface area (TPSA) is 102 Å². The van der Waals surface area contributed by atoms with E-state index in [1.54, 1.807) is 0 Å². The molecule has 0 unspecified atom stereocenters. The molecular formula is C23H38N4O5. The minimum absolute atomic E-state index is 0.0941. The van der Waals surface area contributed by atoms with E-state index < -0.39 is 11.9 Å². The van der Waals surface area contributed by atoms with Crippen molar-refractivity contribution in [2.45, 2.75) is 64.8 Å². The lowest BCUT2D eigenvalue weighted by molar-refractivity contribution is -0.155. The number of hydrogen-bond donors (Lipinski definition) is 2. The van der Waals surface area contributed by atoms with Crippen LogP contribution in [-0.2, 0) is 31.8 Å². The molecule has 32 heavy (non-hydrogen) atoms. The minimum atomic E-state index is -0.577. The van der Waals surface area contributed by atoms with Gasteiger partial charge < -0.3 is 29.7 Å². The van der Waals surface area contributed by atoms with Gasteiger partial charge in [0.2, 0.25) is 0 Å². The van der Waals surface area contributed by atoms with Gasteiger partial charge in [0.15, 0.2) is 6.29 Å². The predicted octanol–water partition coefficient (Wildman–Crippen LogP) is 2.73. The van der Waals surface area contributed by atoms with Gasteiger partial charge in [-0.05, 0) is 58.1 Å². The summed E-state index contributed by atoms with van der Waals surface area (Å²) in [5, 5.41) is 6.27. The molecule has 0 bridgehead atoms. The molecule has 9 nitrogen and oxygen atoms in total. The Bertz CT molecular complexity index is 746. The van der Waals surface area contributed by atoms with Gasteiger partial charge in [-0.1, -0.05) is 6.07 Å². The molecule has 0 aliphatic carbocycles. The van der Waals surface area contributed by atoms with Crippen molar-refractivity contribution >= 4 is 17.8 Å². The summed E-state index contributed by atoms with van der Waals surface area (Å²) in [5.74, 6) is 0.630. The Hall–Kier alpha value is -2.39. The Morgan fingerprint density at radius 3 is 2.69 bits per heavy atom. The zero-order valence-corrected chi connectivity index (χ0v) is 20.0. The van der Waals surface area contributed by atoms with E-state index in [9.17, 15) is 9.59 Å². The molecule has 0 radical (unpaired) electrons. The van der Waals surface area contributed by atoms with Gasteiger partial charge in [-0.25, -0.2) is 9.78 Å². The highest BCUT2D eigenvalue weighted by Gasteiger charge is 2.22. The van der Waals surface area contributed by atoms with Crippen molar-refractivity contribution in [1.82, 2.24) is 15.2 Å². The van der Waals surface area contributed by atoms with Crippen molar-refractivity contribution in [1.29, 1.82) is 0 Å². The molecular weight excluding hydrogens is 412 g/mol. The number of nitrogens with zero attached hydrogens (tertiary/aromatic N) is 2. The molecule has 0 fully saturated rings. The van der Waals surface area contributed by atoms with Crippen molar-refractivity contribution in [3.8, 4) is 0 Å². The van der Waals surface area contributed by atoms with Crippen molar-refractivity contribution in [2.75, 3.05) is 45.7 Å². The SMILES string of the molecule is COC(CN(CCC(=O)OC(C)(C)C)C(=O)NCCCc1ccc2c(n1)NCCC2)OC. The molecule has 2 rings (SSSR count). The number of esters is 1. The maximum atomic E-state index is 12.7. The summed E-state index contributed by atoms with van der Waals surface area (Å²) in [6, 6.07) is 3.92. The van der Waals surface area contributed by atoms with Crippen molar-refractivity contribution in [2.24, 2.45) is 0 Å². The van der Waals surface area contributed by atoms with Crippen LogP contribution >= 0.6 is 0 Å². The first kappa shape index (κ1) is 25.9. The van der Waals surface area contributed by atoms with Crippen LogP contribution in [0.4, 0.5) is 10.6 Å². The van der Waals surface area contributed by atoms with Gasteiger partial charge >= 0.3 is 12.0 Å². The van der Waals surface area contributed by atoms with Crippen LogP contribution in [0, 0.1) is 0 Å². The molecule has 0 saturated carbocycles. The second kappa shape index (κ2) is 12.6. The van der Waals surface area contributed by atoms with Crippen LogP contribution < -0.4 is 10.6 Å². The van der Waals surface area contributed by atoms with E-state index >= 15 is 0 Å². The monoisotopic (exact) mass is 450 g/mol. The number of nitrogens with one attached hydrogen (secondary N) is 2. The number of carbonyl (C=O) groups excluding carboxylic acids is 2. The van der Waals surface area contributed by atoms with E-state index in [4.69, 9.17) is 14.2 Å². The predicted molar refractivity (Wildman–Crippen MR) is 123 cm³/mol. The summed E-state index contributed by atoms with van der Waals surface area (Å²) in [7, 11) is 3.02. The average molecular weight is 451 g/mol. The first-order valence-corrected chi connectivity index (χ1v) is 11.2. The van der Waals surface area contributed by atoms with Crippen molar-refractivity contribution < 1.29 is 23.8 Å². The van der Waals surface area contributed by atoms with E-state index in [-0.39, 0.29) is 31.5 Å². The second-order valence-electron chi connectivity index (χ2n) is 8.86. The van der Waals surface area contributed by atoms with E-state index in [0.29, 0.717) is 6.54 Å². The molecule has 1 aromatic rings. The summed E-state index contributed by atoms with van der Waals surface area (Å²) in [6.45, 7) is 7.32. The molecule has 180 valence electrons. The highest BCUT2D eigenvalue weighted by atomic mass is 16.7. The van der Waals surface area contributed by atoms with Crippen LogP contribution in [0.25, 0.3) is 0 Å². The van der Waals surface area contributed by atoms with Crippen LogP contribution in [0.3, 0.4) is 0 Å². The fraction of sp³-hybridized carbons (Fsp3) is 0.696. The number of anilines is 1. The smallest absolute Gasteiger partial charge is 0.317 e. The maximum Gasteiger partial charge on any atom is 0.317 e. The lowest BCUT2D eigenvalue weighted by Crippen LogP contribution is -2.46. The number of aromatic nitrogens is 1. The van der Waals surface area contributed by atoms with E-state index in [1.807, 2.05) is 20.8 Å². The summed E-state index contributed by atoms with van der Waals surface area (Å²) < 4.78 is 15.8. The lowest BCUT2D eigenvalue weighted by Gasteiger charge is -2.27. The summed E-state index contributed by atoms with van der Waals surface area (Å²) in [5.41, 5.74) is 1.71. The van der Waals surface area contributed by atoms with Crippen LogP contribution in [-0.4, -0.2) is 74.2 Å². The number of amides is 2. The van der Waals surface area contributed by atoms with Gasteiger partial charge in [0, 0.05) is 39.5 Å². The van der Waals surface area contributed by atoms with Crippen LogP contribution in [0.2, 0.25) is 0 Å². The lowest BCUT2D eigenvalue weighted by atomic mass is 10.1. The summed E-state index contributed by atoms with van der Waals surface area (Å²) in [6.07, 6.45) is 3.25. The van der Waals surface area contributed by atoms with Gasteiger partial charge in [0.1, 0.15) is 11.4 Å². The number of fused-ring (bicyclic) bond motifs is 1. The highest BCUT2D eigenvalue weighted by Crippen LogP contribution is 2.20. The fourth-order valence-electron chi connectivity index (χ4n) is 3.40. The zero-order chi connectivity index (χ0) is 23.6. The van der Waals surface area contributed by atoms with Gasteiger partial charge in [0.25, 0.3) is 0 Å². The second-order valence-corrected chi connectivity index (χ2v) is 8.86. The molecule has 0 saturated heterocycles. The average Bonchev–Trinajstić information content (AvgIpc) is 2.75. The minimum Gasteiger partial charge on any atom is -0.460 e. The third kappa shape index (κ3) is 9.00. The number of carbonyl (C=O) groups is 2. The number of aryl methyl sites for hydroxylation is 2. The molecule has 1 aliphatic heterocycles. The molecule has 0 atom stereocenters. The Balaban J connectivity index is 1.83. The van der Waals surface area contributed by atoms with Crippen LogP contribution in [0.15, 0.2) is 12.1 Å². The Morgan fingerprint density at radius 1 is 1.25 bits per heavy atom. The Kier molecular flexibility index (Phi) is 10.2. The summed E-state index contributed by atoms with van der Waals surface area (Å²) >= 11 is 0. The molecule has 2 heterocycles. The number of rotatable bonds is 11. The van der Waals surface area contributed by atoms with E-state index in [0.717, 1.165) is 43.7 Å². The van der Waals surface area contributed by atoms with Gasteiger partial charge in [-0.3, -0.25) is 4.79 Å². The third-order valence-electron chi connectivity index (χ3n) is 5.03. The molecule has 0 spiro atoms. The molecule has 0 aromatic carbocycles. The largest absolute Gasteiger partial charge is 0.460 e. The number of pyridine rings is 1. The number of urea groups is 1. The number of ether oxygens (including phenoxy) is 3. The first-order valence-electron chi connectivity index (χ1n) is 11.2. The van der Waals surface area contributed by atoms with Gasteiger partial charge in [0.05, 0.1) is 13.0 Å². The molecule has 1 aliphatic rings. The normalized spacial score (nSPS) is 13.3. The van der Waals surface area contributed by atoms with Gasteiger partial charge in [-0.15, -0.1) is 0 Å². The zero-order valence-electron chi connectivity index (χ0n) is 20.0. The number of hydrogen-bond acceptors (Lipinski definition) is 7. The van der Waals surface area contributed by atoms with Crippen molar-refractivity contribution in [3.63, 3.8) is 0 Å². The first-order chi connectivity index (χ1) is 15.2. The van der Waals surface area contributed by atoms with Crippen LogP contribution in [0.1, 0.15) is 51.3 Å². The van der Waals surface area contributed by atoms with E-state index in [1.165, 1.54) is 24.7 Å². The maximum absolute atomic E-state index is 12.7. The van der Waals surface area contributed by atoms with Crippen molar-refractivity contribution in [3.05, 3.63) is 23.4 Å². The third-order valence-corrected chi connectivity index (χ3v) is 5.03. The molecule has 1 aromatic heterocycles. The standard InChI is InChI=1S/C23H38N4O5/c1-23(2,3)32-19(28)12-15-27(16-20(30-4)31-5)22(29)25-14-7-9-18-11-10-17-8-6-13-24-21(17)26-18/h10-11,20H,6-9,12-16H2,1-5H3,(H,24,26)(H,25,29). The Labute approximate surface area is 191 Å². The molecule has 9 heteroatoms. The molecule has 2 N–H and O–H groups in total. The van der Waals surface area contributed by atoms with Gasteiger partial charge in [-0.2, -0.15) is 0 Å². The van der Waals surface area contributed by atoms with E-state index in [2.05, 4.69) is 27.8 Å². The highest BCUT2D eigenvalue weighted by molar-refractivity contribution is 5.75. The Morgan fingerprint density at radius 2 is 2.00 bits per heavy atom. The summed E-state index contributed by atoms with van der Waals surface area (Å²) in [4.78, 5) is 31.0. The quantitative estimate of drug-likeness (QED) is 0.304. The fourth-order valence-corrected chi connectivity index (χ4v) is 3.40.